The van der Waals surface area contributed by atoms with Crippen LogP contribution in [0.5, 0.6) is 0 Å². The third-order valence-electron chi connectivity index (χ3n) is 3.45. The average molecular weight is 281 g/mol. The highest BCUT2D eigenvalue weighted by Crippen LogP contribution is 2.26. The van der Waals surface area contributed by atoms with Gasteiger partial charge in [0.15, 0.2) is 0 Å². The van der Waals surface area contributed by atoms with E-state index in [0.717, 1.165) is 12.0 Å². The Morgan fingerprint density at radius 3 is 2.57 bits per heavy atom. The third-order valence-corrected chi connectivity index (χ3v) is 3.45. The van der Waals surface area contributed by atoms with E-state index in [1.165, 1.54) is 17.7 Å². The van der Waals surface area contributed by atoms with E-state index in [0.29, 0.717) is 17.1 Å². The van der Waals surface area contributed by atoms with Gasteiger partial charge in [-0.1, -0.05) is 37.3 Å². The molecule has 106 valence electrons. The second kappa shape index (κ2) is 5.40. The summed E-state index contributed by atoms with van der Waals surface area (Å²) in [4.78, 5) is 0. The van der Waals surface area contributed by atoms with Crippen LogP contribution in [0.1, 0.15) is 12.5 Å². The lowest BCUT2D eigenvalue weighted by molar-refractivity contribution is 0.625. The summed E-state index contributed by atoms with van der Waals surface area (Å²) in [6.45, 7) is 2.11. The second-order valence-corrected chi connectivity index (χ2v) is 4.91. The van der Waals surface area contributed by atoms with Crippen LogP contribution in [0, 0.1) is 5.82 Å². The first-order valence-electron chi connectivity index (χ1n) is 6.88. The number of benzene rings is 2. The van der Waals surface area contributed by atoms with Crippen molar-refractivity contribution in [3.63, 3.8) is 0 Å². The van der Waals surface area contributed by atoms with Gasteiger partial charge in [0.25, 0.3) is 0 Å². The van der Waals surface area contributed by atoms with Crippen molar-refractivity contribution < 1.29 is 4.39 Å². The first-order valence-corrected chi connectivity index (χ1v) is 6.88. The SMILES string of the molecule is CCc1ccc(-c2nn(-c3cccc(F)c3)cc2N)cc1. The maximum atomic E-state index is 13.3. The average Bonchev–Trinajstić information content (AvgIpc) is 2.89. The first kappa shape index (κ1) is 13.4. The highest BCUT2D eigenvalue weighted by molar-refractivity contribution is 5.72. The molecule has 0 unspecified atom stereocenters. The zero-order valence-electron chi connectivity index (χ0n) is 11.8. The summed E-state index contributed by atoms with van der Waals surface area (Å²) in [7, 11) is 0. The van der Waals surface area contributed by atoms with Crippen molar-refractivity contribution >= 4 is 5.69 Å². The van der Waals surface area contributed by atoms with E-state index in [1.807, 2.05) is 12.1 Å². The minimum absolute atomic E-state index is 0.296. The zero-order chi connectivity index (χ0) is 14.8. The fraction of sp³-hybridized carbons (Fsp3) is 0.118. The van der Waals surface area contributed by atoms with Crippen LogP contribution in [-0.2, 0) is 6.42 Å². The van der Waals surface area contributed by atoms with E-state index in [9.17, 15) is 4.39 Å². The molecule has 0 spiro atoms. The van der Waals surface area contributed by atoms with E-state index < -0.39 is 0 Å². The fourth-order valence-electron chi connectivity index (χ4n) is 2.26. The smallest absolute Gasteiger partial charge is 0.125 e. The predicted octanol–water partition coefficient (Wildman–Crippen LogP) is 3.82. The van der Waals surface area contributed by atoms with Crippen LogP contribution >= 0.6 is 0 Å². The van der Waals surface area contributed by atoms with Gasteiger partial charge in [-0.25, -0.2) is 9.07 Å². The Kier molecular flexibility index (Phi) is 3.44. The van der Waals surface area contributed by atoms with Crippen molar-refractivity contribution in [2.75, 3.05) is 5.73 Å². The molecule has 0 aliphatic rings. The number of halogens is 1. The van der Waals surface area contributed by atoms with Gasteiger partial charge in [-0.2, -0.15) is 5.10 Å². The van der Waals surface area contributed by atoms with Crippen molar-refractivity contribution in [1.82, 2.24) is 9.78 Å². The molecule has 3 aromatic rings. The summed E-state index contributed by atoms with van der Waals surface area (Å²) in [5.41, 5.74) is 10.2. The number of aryl methyl sites for hydroxylation is 1. The highest BCUT2D eigenvalue weighted by atomic mass is 19.1. The molecule has 2 N–H and O–H groups in total. The van der Waals surface area contributed by atoms with E-state index in [2.05, 4.69) is 24.2 Å². The number of rotatable bonds is 3. The molecule has 0 atom stereocenters. The molecule has 21 heavy (non-hydrogen) atoms. The molecule has 0 radical (unpaired) electrons. The monoisotopic (exact) mass is 281 g/mol. The topological polar surface area (TPSA) is 43.8 Å². The van der Waals surface area contributed by atoms with Crippen molar-refractivity contribution in [1.29, 1.82) is 0 Å². The second-order valence-electron chi connectivity index (χ2n) is 4.91. The van der Waals surface area contributed by atoms with Crippen molar-refractivity contribution in [3.05, 3.63) is 66.1 Å². The van der Waals surface area contributed by atoms with Crippen LogP contribution in [0.2, 0.25) is 0 Å². The molecule has 0 fully saturated rings. The fourth-order valence-corrected chi connectivity index (χ4v) is 2.26. The summed E-state index contributed by atoms with van der Waals surface area (Å²) in [5, 5.41) is 4.47. The molecule has 0 bridgehead atoms. The summed E-state index contributed by atoms with van der Waals surface area (Å²) in [6.07, 6.45) is 2.70. The number of anilines is 1. The van der Waals surface area contributed by atoms with Gasteiger partial charge >= 0.3 is 0 Å². The predicted molar refractivity (Wildman–Crippen MR) is 82.7 cm³/mol. The number of hydrogen-bond donors (Lipinski definition) is 1. The molecule has 1 aromatic heterocycles. The lowest BCUT2D eigenvalue weighted by atomic mass is 10.1. The number of nitrogens with zero attached hydrogens (tertiary/aromatic N) is 2. The third kappa shape index (κ3) is 2.65. The number of nitrogen functional groups attached to an aromatic ring is 1. The van der Waals surface area contributed by atoms with Crippen LogP contribution in [0.3, 0.4) is 0 Å². The lowest BCUT2D eigenvalue weighted by Gasteiger charge is -2.02. The molecular weight excluding hydrogens is 265 g/mol. The number of aromatic nitrogens is 2. The molecule has 2 aromatic carbocycles. The minimum atomic E-state index is -0.296. The van der Waals surface area contributed by atoms with Crippen molar-refractivity contribution in [2.45, 2.75) is 13.3 Å². The molecular formula is C17H16FN3. The van der Waals surface area contributed by atoms with Crippen molar-refractivity contribution in [3.8, 4) is 16.9 Å². The maximum Gasteiger partial charge on any atom is 0.125 e. The van der Waals surface area contributed by atoms with E-state index in [1.54, 1.807) is 23.0 Å². The van der Waals surface area contributed by atoms with Gasteiger partial charge in [0.05, 0.1) is 17.6 Å². The molecule has 3 nitrogen and oxygen atoms in total. The standard InChI is InChI=1S/C17H16FN3/c1-2-12-6-8-13(9-7-12)17-16(19)11-21(20-17)15-5-3-4-14(18)10-15/h3-11H,2,19H2,1H3. The first-order chi connectivity index (χ1) is 10.2. The Labute approximate surface area is 122 Å². The van der Waals surface area contributed by atoms with Crippen LogP contribution < -0.4 is 5.73 Å². The van der Waals surface area contributed by atoms with Crippen LogP contribution in [0.15, 0.2) is 54.7 Å². The highest BCUT2D eigenvalue weighted by Gasteiger charge is 2.10. The van der Waals surface area contributed by atoms with Gasteiger partial charge in [0.1, 0.15) is 11.5 Å². The Bertz CT molecular complexity index is 760. The quantitative estimate of drug-likeness (QED) is 0.793. The maximum absolute atomic E-state index is 13.3. The summed E-state index contributed by atoms with van der Waals surface area (Å²) in [6, 6.07) is 14.4. The summed E-state index contributed by atoms with van der Waals surface area (Å²) in [5.74, 6) is -0.296. The van der Waals surface area contributed by atoms with E-state index in [-0.39, 0.29) is 5.82 Å². The van der Waals surface area contributed by atoms with Gasteiger partial charge < -0.3 is 5.73 Å². The van der Waals surface area contributed by atoms with Gasteiger partial charge in [0, 0.05) is 5.56 Å². The van der Waals surface area contributed by atoms with Gasteiger partial charge in [-0.05, 0) is 30.2 Å². The van der Waals surface area contributed by atoms with E-state index >= 15 is 0 Å². The Balaban J connectivity index is 2.01. The minimum Gasteiger partial charge on any atom is -0.396 e. The summed E-state index contributed by atoms with van der Waals surface area (Å²) < 4.78 is 14.9. The van der Waals surface area contributed by atoms with Gasteiger partial charge in [-0.15, -0.1) is 0 Å². The normalized spacial score (nSPS) is 10.8. The van der Waals surface area contributed by atoms with Crippen LogP contribution in [0.25, 0.3) is 16.9 Å². The number of nitrogens with two attached hydrogens (primary N) is 1. The van der Waals surface area contributed by atoms with Crippen LogP contribution in [-0.4, -0.2) is 9.78 Å². The zero-order valence-corrected chi connectivity index (χ0v) is 11.8. The largest absolute Gasteiger partial charge is 0.396 e. The van der Waals surface area contributed by atoms with Crippen molar-refractivity contribution in [2.24, 2.45) is 0 Å². The summed E-state index contributed by atoms with van der Waals surface area (Å²) >= 11 is 0. The molecule has 4 heteroatoms. The molecule has 1 heterocycles. The molecule has 0 aliphatic carbocycles. The Morgan fingerprint density at radius 1 is 1.14 bits per heavy atom. The van der Waals surface area contributed by atoms with E-state index in [4.69, 9.17) is 5.73 Å². The molecule has 0 saturated heterocycles. The van der Waals surface area contributed by atoms with Gasteiger partial charge in [0.2, 0.25) is 0 Å². The molecule has 0 aliphatic heterocycles. The lowest BCUT2D eigenvalue weighted by Crippen LogP contribution is -1.95. The number of hydrogen-bond acceptors (Lipinski definition) is 2. The molecule has 3 rings (SSSR count). The molecule has 0 amide bonds. The van der Waals surface area contributed by atoms with Crippen LogP contribution in [0.4, 0.5) is 10.1 Å². The molecule has 0 saturated carbocycles. The Morgan fingerprint density at radius 2 is 1.90 bits per heavy atom. The Hall–Kier alpha value is -2.62. The van der Waals surface area contributed by atoms with Gasteiger partial charge in [-0.3, -0.25) is 0 Å².